The Bertz CT molecular complexity index is 378. The van der Waals surface area contributed by atoms with Crippen LogP contribution in [0.15, 0.2) is 0 Å². The fourth-order valence-electron chi connectivity index (χ4n) is 2.32. The molecule has 0 atom stereocenters. The second-order valence-corrected chi connectivity index (χ2v) is 5.53. The van der Waals surface area contributed by atoms with Gasteiger partial charge < -0.3 is 20.2 Å². The Labute approximate surface area is 125 Å². The van der Waals surface area contributed by atoms with Crippen LogP contribution in [0, 0.1) is 0 Å². The molecule has 2 N–H and O–H groups in total. The number of carboxylic acids is 1. The van der Waals surface area contributed by atoms with Crippen molar-refractivity contribution in [1.82, 2.24) is 15.1 Å². The molecule has 0 aromatic carbocycles. The van der Waals surface area contributed by atoms with E-state index >= 15 is 0 Å². The largest absolute Gasteiger partial charge is 0.481 e. The van der Waals surface area contributed by atoms with Crippen molar-refractivity contribution in [1.29, 1.82) is 0 Å². The molecule has 1 saturated heterocycles. The number of piperidine rings is 1. The van der Waals surface area contributed by atoms with Crippen LogP contribution >= 0.6 is 0 Å². The third kappa shape index (κ3) is 6.01. The summed E-state index contributed by atoms with van der Waals surface area (Å²) >= 11 is 0. The van der Waals surface area contributed by atoms with Gasteiger partial charge in [-0.3, -0.25) is 9.59 Å². The molecule has 3 amide bonds. The summed E-state index contributed by atoms with van der Waals surface area (Å²) in [7, 11) is 0. The topological polar surface area (TPSA) is 90.0 Å². The standard InChI is InChI=1S/C14H25N3O4/c1-11(2)17(9-6-13(19)20)14(21)15-10-12(18)16-7-4-3-5-8-16/h11H,3-10H2,1-2H3,(H,15,21)(H,19,20). The van der Waals surface area contributed by atoms with Crippen molar-refractivity contribution in [2.24, 2.45) is 0 Å². The highest BCUT2D eigenvalue weighted by Crippen LogP contribution is 2.08. The quantitative estimate of drug-likeness (QED) is 0.762. The maximum Gasteiger partial charge on any atom is 0.318 e. The molecule has 120 valence electrons. The van der Waals surface area contributed by atoms with Crippen LogP contribution in [-0.2, 0) is 9.59 Å². The Morgan fingerprint density at radius 3 is 2.33 bits per heavy atom. The van der Waals surface area contributed by atoms with Crippen LogP contribution in [0.4, 0.5) is 4.79 Å². The molecule has 7 nitrogen and oxygen atoms in total. The van der Waals surface area contributed by atoms with E-state index in [1.807, 2.05) is 13.8 Å². The summed E-state index contributed by atoms with van der Waals surface area (Å²) in [5, 5.41) is 11.3. The van der Waals surface area contributed by atoms with Gasteiger partial charge in [-0.1, -0.05) is 0 Å². The van der Waals surface area contributed by atoms with Crippen LogP contribution in [0.25, 0.3) is 0 Å². The number of likely N-dealkylation sites (tertiary alicyclic amines) is 1. The summed E-state index contributed by atoms with van der Waals surface area (Å²) in [4.78, 5) is 37.8. The van der Waals surface area contributed by atoms with Crippen molar-refractivity contribution < 1.29 is 19.5 Å². The van der Waals surface area contributed by atoms with E-state index in [2.05, 4.69) is 5.32 Å². The minimum Gasteiger partial charge on any atom is -0.481 e. The van der Waals surface area contributed by atoms with Crippen LogP contribution < -0.4 is 5.32 Å². The van der Waals surface area contributed by atoms with Gasteiger partial charge in [-0.05, 0) is 33.1 Å². The molecule has 7 heteroatoms. The Kier molecular flexibility index (Phi) is 6.98. The van der Waals surface area contributed by atoms with Gasteiger partial charge in [0.05, 0.1) is 13.0 Å². The van der Waals surface area contributed by atoms with Gasteiger partial charge >= 0.3 is 12.0 Å². The molecule has 0 unspecified atom stereocenters. The zero-order valence-corrected chi connectivity index (χ0v) is 12.8. The summed E-state index contributed by atoms with van der Waals surface area (Å²) in [6.07, 6.45) is 3.06. The fraction of sp³-hybridized carbons (Fsp3) is 0.786. The van der Waals surface area contributed by atoms with E-state index in [4.69, 9.17) is 5.11 Å². The highest BCUT2D eigenvalue weighted by molar-refractivity contribution is 5.84. The van der Waals surface area contributed by atoms with Gasteiger partial charge in [-0.2, -0.15) is 0 Å². The van der Waals surface area contributed by atoms with Gasteiger partial charge in [-0.15, -0.1) is 0 Å². The summed E-state index contributed by atoms with van der Waals surface area (Å²) < 4.78 is 0. The first kappa shape index (κ1) is 17.3. The van der Waals surface area contributed by atoms with Crippen molar-refractivity contribution in [3.63, 3.8) is 0 Å². The minimum absolute atomic E-state index is 0.0326. The average molecular weight is 299 g/mol. The Morgan fingerprint density at radius 1 is 1.19 bits per heavy atom. The van der Waals surface area contributed by atoms with Crippen LogP contribution in [0.3, 0.4) is 0 Å². The second kappa shape index (κ2) is 8.49. The molecule has 0 aromatic heterocycles. The lowest BCUT2D eigenvalue weighted by atomic mass is 10.1. The normalized spacial score (nSPS) is 14.9. The predicted octanol–water partition coefficient (Wildman–Crippen LogP) is 0.894. The van der Waals surface area contributed by atoms with E-state index in [1.165, 1.54) is 4.90 Å². The van der Waals surface area contributed by atoms with Crippen molar-refractivity contribution in [2.75, 3.05) is 26.2 Å². The minimum atomic E-state index is -0.946. The zero-order valence-electron chi connectivity index (χ0n) is 12.8. The molecule has 1 fully saturated rings. The van der Waals surface area contributed by atoms with E-state index in [1.54, 1.807) is 4.90 Å². The van der Waals surface area contributed by atoms with Crippen LogP contribution in [0.2, 0.25) is 0 Å². The van der Waals surface area contributed by atoms with Crippen LogP contribution in [-0.4, -0.2) is 65.0 Å². The molecule has 1 aliphatic heterocycles. The highest BCUT2D eigenvalue weighted by atomic mass is 16.4. The number of nitrogens with one attached hydrogen (secondary N) is 1. The van der Waals surface area contributed by atoms with Crippen molar-refractivity contribution >= 4 is 17.9 Å². The maximum atomic E-state index is 12.0. The summed E-state index contributed by atoms with van der Waals surface area (Å²) in [6, 6.07) is -0.508. The van der Waals surface area contributed by atoms with E-state index < -0.39 is 12.0 Å². The van der Waals surface area contributed by atoms with Gasteiger partial charge in [0, 0.05) is 25.7 Å². The first-order valence-electron chi connectivity index (χ1n) is 7.46. The number of nitrogens with zero attached hydrogens (tertiary/aromatic N) is 2. The predicted molar refractivity (Wildman–Crippen MR) is 77.9 cm³/mol. The van der Waals surface area contributed by atoms with Crippen molar-refractivity contribution in [3.05, 3.63) is 0 Å². The van der Waals surface area contributed by atoms with Crippen LogP contribution in [0.1, 0.15) is 39.5 Å². The fourth-order valence-corrected chi connectivity index (χ4v) is 2.32. The molecular formula is C14H25N3O4. The zero-order chi connectivity index (χ0) is 15.8. The number of carboxylic acid groups (broad SMARTS) is 1. The average Bonchev–Trinajstić information content (AvgIpc) is 2.45. The molecule has 21 heavy (non-hydrogen) atoms. The molecule has 0 radical (unpaired) electrons. The lowest BCUT2D eigenvalue weighted by Crippen LogP contribution is -2.49. The second-order valence-electron chi connectivity index (χ2n) is 5.53. The van der Waals surface area contributed by atoms with E-state index in [9.17, 15) is 14.4 Å². The number of amides is 3. The van der Waals surface area contributed by atoms with E-state index in [-0.39, 0.29) is 31.5 Å². The van der Waals surface area contributed by atoms with Crippen LogP contribution in [0.5, 0.6) is 0 Å². The van der Waals surface area contributed by atoms with Gasteiger partial charge in [0.1, 0.15) is 0 Å². The molecule has 0 aromatic rings. The number of urea groups is 1. The van der Waals surface area contributed by atoms with E-state index in [0.29, 0.717) is 0 Å². The van der Waals surface area contributed by atoms with Crippen molar-refractivity contribution in [3.8, 4) is 0 Å². The number of aliphatic carboxylic acids is 1. The molecule has 1 heterocycles. The molecule has 0 bridgehead atoms. The lowest BCUT2D eigenvalue weighted by Gasteiger charge is -2.29. The summed E-state index contributed by atoms with van der Waals surface area (Å²) in [5.74, 6) is -1.03. The summed E-state index contributed by atoms with van der Waals surface area (Å²) in [5.41, 5.74) is 0. The van der Waals surface area contributed by atoms with E-state index in [0.717, 1.165) is 32.4 Å². The van der Waals surface area contributed by atoms with Gasteiger partial charge in [-0.25, -0.2) is 4.79 Å². The Hall–Kier alpha value is -1.79. The molecule has 0 spiro atoms. The number of rotatable bonds is 6. The first-order valence-corrected chi connectivity index (χ1v) is 7.46. The number of hydrogen-bond donors (Lipinski definition) is 2. The molecular weight excluding hydrogens is 274 g/mol. The highest BCUT2D eigenvalue weighted by Gasteiger charge is 2.21. The number of hydrogen-bond acceptors (Lipinski definition) is 3. The maximum absolute atomic E-state index is 12.0. The summed E-state index contributed by atoms with van der Waals surface area (Å²) in [6.45, 7) is 5.23. The number of carbonyl (C=O) groups is 3. The third-order valence-electron chi connectivity index (χ3n) is 3.55. The molecule has 0 aliphatic carbocycles. The van der Waals surface area contributed by atoms with Gasteiger partial charge in [0.25, 0.3) is 0 Å². The monoisotopic (exact) mass is 299 g/mol. The van der Waals surface area contributed by atoms with Gasteiger partial charge in [0.15, 0.2) is 0 Å². The first-order chi connectivity index (χ1) is 9.91. The SMILES string of the molecule is CC(C)N(CCC(=O)O)C(=O)NCC(=O)N1CCCCC1. The Morgan fingerprint density at radius 2 is 1.81 bits per heavy atom. The molecule has 1 aliphatic rings. The number of carbonyl (C=O) groups excluding carboxylic acids is 2. The van der Waals surface area contributed by atoms with Crippen molar-refractivity contribution in [2.45, 2.75) is 45.6 Å². The molecule has 1 rings (SSSR count). The Balaban J connectivity index is 2.41. The lowest BCUT2D eigenvalue weighted by molar-refractivity contribution is -0.137. The smallest absolute Gasteiger partial charge is 0.318 e. The van der Waals surface area contributed by atoms with Gasteiger partial charge in [0.2, 0.25) is 5.91 Å². The third-order valence-corrected chi connectivity index (χ3v) is 3.55. The molecule has 0 saturated carbocycles.